The van der Waals surface area contributed by atoms with E-state index in [4.69, 9.17) is 5.73 Å². The van der Waals surface area contributed by atoms with Crippen LogP contribution in [0.25, 0.3) is 0 Å². The van der Waals surface area contributed by atoms with Gasteiger partial charge in [-0.1, -0.05) is 19.9 Å². The molecule has 0 radical (unpaired) electrons. The molecule has 2 N–H and O–H groups in total. The molecule has 1 unspecified atom stereocenters. The van der Waals surface area contributed by atoms with E-state index in [-0.39, 0.29) is 6.04 Å². The van der Waals surface area contributed by atoms with Crippen molar-refractivity contribution in [2.24, 2.45) is 5.73 Å². The summed E-state index contributed by atoms with van der Waals surface area (Å²) in [6.45, 7) is 5.86. The maximum absolute atomic E-state index is 13.0. The Morgan fingerprint density at radius 1 is 1.27 bits per heavy atom. The zero-order valence-corrected chi connectivity index (χ0v) is 9.56. The van der Waals surface area contributed by atoms with Crippen molar-refractivity contribution in [1.82, 2.24) is 0 Å². The van der Waals surface area contributed by atoms with Crippen LogP contribution < -0.4 is 5.73 Å². The molecule has 0 bridgehead atoms. The van der Waals surface area contributed by atoms with Crippen molar-refractivity contribution in [3.63, 3.8) is 0 Å². The smallest absolute Gasteiger partial charge is 0.129 e. The second-order valence-corrected chi connectivity index (χ2v) is 3.25. The van der Waals surface area contributed by atoms with Gasteiger partial charge in [0.1, 0.15) is 11.6 Å². The summed E-state index contributed by atoms with van der Waals surface area (Å²) < 4.78 is 25.5. The van der Waals surface area contributed by atoms with Crippen LogP contribution in [0.5, 0.6) is 0 Å². The summed E-state index contributed by atoms with van der Waals surface area (Å²) in [6, 6.07) is 3.67. The number of nitrogens with two attached hydrogens (primary N) is 1. The predicted molar refractivity (Wildman–Crippen MR) is 59.7 cm³/mol. The molecule has 0 amide bonds. The van der Waals surface area contributed by atoms with E-state index in [1.807, 2.05) is 20.8 Å². The average Bonchev–Trinajstić information content (AvgIpc) is 2.19. The van der Waals surface area contributed by atoms with Crippen molar-refractivity contribution in [2.45, 2.75) is 39.7 Å². The van der Waals surface area contributed by atoms with Gasteiger partial charge in [0.15, 0.2) is 0 Å². The van der Waals surface area contributed by atoms with Crippen LogP contribution in [0.15, 0.2) is 18.2 Å². The number of hydrogen-bond acceptors (Lipinski definition) is 1. The lowest BCUT2D eigenvalue weighted by Crippen LogP contribution is -2.15. The highest BCUT2D eigenvalue weighted by atomic mass is 19.1. The van der Waals surface area contributed by atoms with Gasteiger partial charge in [0.2, 0.25) is 0 Å². The Morgan fingerprint density at radius 2 is 1.87 bits per heavy atom. The molecule has 0 aliphatic carbocycles. The molecule has 86 valence electrons. The van der Waals surface area contributed by atoms with Crippen LogP contribution >= 0.6 is 0 Å². The molecule has 0 fully saturated rings. The monoisotopic (exact) mass is 215 g/mol. The SMILES string of the molecule is CC.CC(N)CCc1ccc(F)cc1F. The van der Waals surface area contributed by atoms with Crippen molar-refractivity contribution in [2.75, 3.05) is 0 Å². The highest BCUT2D eigenvalue weighted by Crippen LogP contribution is 2.11. The Balaban J connectivity index is 0.000000921. The molecular weight excluding hydrogens is 196 g/mol. The summed E-state index contributed by atoms with van der Waals surface area (Å²) in [7, 11) is 0. The van der Waals surface area contributed by atoms with E-state index < -0.39 is 11.6 Å². The third kappa shape index (κ3) is 5.47. The van der Waals surface area contributed by atoms with Crippen LogP contribution in [0.3, 0.4) is 0 Å². The van der Waals surface area contributed by atoms with E-state index in [1.54, 1.807) is 0 Å². The second kappa shape index (κ2) is 7.35. The number of halogens is 2. The first-order chi connectivity index (χ1) is 7.09. The molecule has 0 aromatic heterocycles. The lowest BCUT2D eigenvalue weighted by molar-refractivity contribution is 0.563. The summed E-state index contributed by atoms with van der Waals surface area (Å²) in [4.78, 5) is 0. The van der Waals surface area contributed by atoms with Crippen molar-refractivity contribution < 1.29 is 8.78 Å². The van der Waals surface area contributed by atoms with Gasteiger partial charge in [-0.15, -0.1) is 0 Å². The molecule has 1 nitrogen and oxygen atoms in total. The number of rotatable bonds is 3. The molecule has 0 saturated carbocycles. The molecule has 1 aromatic rings. The lowest BCUT2D eigenvalue weighted by Gasteiger charge is -2.05. The molecule has 1 atom stereocenters. The Morgan fingerprint density at radius 3 is 2.33 bits per heavy atom. The van der Waals surface area contributed by atoms with Gasteiger partial charge in [-0.3, -0.25) is 0 Å². The van der Waals surface area contributed by atoms with Gasteiger partial charge in [-0.25, -0.2) is 8.78 Å². The molecule has 1 rings (SSSR count). The van der Waals surface area contributed by atoms with Crippen LogP contribution in [-0.2, 0) is 6.42 Å². The van der Waals surface area contributed by atoms with Crippen molar-refractivity contribution in [3.8, 4) is 0 Å². The fraction of sp³-hybridized carbons (Fsp3) is 0.500. The number of hydrogen-bond donors (Lipinski definition) is 1. The van der Waals surface area contributed by atoms with Crippen molar-refractivity contribution in [3.05, 3.63) is 35.4 Å². The zero-order chi connectivity index (χ0) is 11.8. The fourth-order valence-corrected chi connectivity index (χ4v) is 1.11. The largest absolute Gasteiger partial charge is 0.328 e. The van der Waals surface area contributed by atoms with Crippen LogP contribution in [0.4, 0.5) is 8.78 Å². The third-order valence-electron chi connectivity index (χ3n) is 1.88. The minimum absolute atomic E-state index is 0.0458. The maximum atomic E-state index is 13.0. The Labute approximate surface area is 90.3 Å². The first-order valence-electron chi connectivity index (χ1n) is 5.29. The summed E-state index contributed by atoms with van der Waals surface area (Å²) in [5, 5.41) is 0. The molecule has 0 heterocycles. The van der Waals surface area contributed by atoms with Crippen molar-refractivity contribution >= 4 is 0 Å². The van der Waals surface area contributed by atoms with E-state index >= 15 is 0 Å². The van der Waals surface area contributed by atoms with Gasteiger partial charge in [0, 0.05) is 12.1 Å². The predicted octanol–water partition coefficient (Wildman–Crippen LogP) is 3.27. The third-order valence-corrected chi connectivity index (χ3v) is 1.88. The maximum Gasteiger partial charge on any atom is 0.129 e. The highest BCUT2D eigenvalue weighted by molar-refractivity contribution is 5.18. The molecule has 0 aliphatic heterocycles. The van der Waals surface area contributed by atoms with Gasteiger partial charge in [-0.2, -0.15) is 0 Å². The van der Waals surface area contributed by atoms with Gasteiger partial charge < -0.3 is 5.73 Å². The fourth-order valence-electron chi connectivity index (χ4n) is 1.11. The van der Waals surface area contributed by atoms with Crippen LogP contribution in [0.2, 0.25) is 0 Å². The van der Waals surface area contributed by atoms with Crippen LogP contribution in [-0.4, -0.2) is 6.04 Å². The normalized spacial score (nSPS) is 11.6. The van der Waals surface area contributed by atoms with Gasteiger partial charge in [0.05, 0.1) is 0 Å². The quantitative estimate of drug-likeness (QED) is 0.822. The van der Waals surface area contributed by atoms with Crippen LogP contribution in [0, 0.1) is 11.6 Å². The topological polar surface area (TPSA) is 26.0 Å². The summed E-state index contributed by atoms with van der Waals surface area (Å²) in [5.74, 6) is -1.03. The number of benzene rings is 1. The van der Waals surface area contributed by atoms with Gasteiger partial charge >= 0.3 is 0 Å². The Hall–Kier alpha value is -0.960. The number of aryl methyl sites for hydroxylation is 1. The standard InChI is InChI=1S/C10H13F2N.C2H6/c1-7(13)2-3-8-4-5-9(11)6-10(8)12;1-2/h4-7H,2-3,13H2,1H3;1-2H3. The molecule has 0 spiro atoms. The summed E-state index contributed by atoms with van der Waals surface area (Å²) in [5.41, 5.74) is 6.05. The first kappa shape index (κ1) is 14.0. The second-order valence-electron chi connectivity index (χ2n) is 3.25. The Kier molecular flexibility index (Phi) is 6.88. The lowest BCUT2D eigenvalue weighted by atomic mass is 10.1. The average molecular weight is 215 g/mol. The molecule has 0 saturated heterocycles. The van der Waals surface area contributed by atoms with E-state index in [0.29, 0.717) is 18.4 Å². The van der Waals surface area contributed by atoms with Gasteiger partial charge in [0.25, 0.3) is 0 Å². The molecule has 1 aromatic carbocycles. The first-order valence-corrected chi connectivity index (χ1v) is 5.29. The summed E-state index contributed by atoms with van der Waals surface area (Å²) >= 11 is 0. The highest BCUT2D eigenvalue weighted by Gasteiger charge is 2.04. The minimum atomic E-state index is -0.540. The van der Waals surface area contributed by atoms with Crippen LogP contribution in [0.1, 0.15) is 32.8 Å². The minimum Gasteiger partial charge on any atom is -0.328 e. The van der Waals surface area contributed by atoms with E-state index in [0.717, 1.165) is 6.07 Å². The van der Waals surface area contributed by atoms with E-state index in [1.165, 1.54) is 12.1 Å². The summed E-state index contributed by atoms with van der Waals surface area (Å²) in [6.07, 6.45) is 1.27. The Bertz CT molecular complexity index is 285. The van der Waals surface area contributed by atoms with Gasteiger partial charge in [-0.05, 0) is 31.4 Å². The molecule has 15 heavy (non-hydrogen) atoms. The molecular formula is C12H19F2N. The van der Waals surface area contributed by atoms with Crippen molar-refractivity contribution in [1.29, 1.82) is 0 Å². The molecule has 3 heteroatoms. The zero-order valence-electron chi connectivity index (χ0n) is 9.56. The van der Waals surface area contributed by atoms with E-state index in [9.17, 15) is 8.78 Å². The molecule has 0 aliphatic rings. The van der Waals surface area contributed by atoms with E-state index in [2.05, 4.69) is 0 Å².